The number of aliphatic carboxylic acids is 1. The number of rotatable bonds is 6. The molecule has 0 spiro atoms. The van der Waals surface area contributed by atoms with Crippen molar-refractivity contribution in [2.45, 2.75) is 13.1 Å². The minimum absolute atomic E-state index is 0.215. The summed E-state index contributed by atoms with van der Waals surface area (Å²) in [6.07, 6.45) is -4.46. The molecule has 15 heavy (non-hydrogen) atoms. The Morgan fingerprint density at radius 1 is 1.53 bits per heavy atom. The predicted molar refractivity (Wildman–Crippen MR) is 46.7 cm³/mol. The molecule has 0 bridgehead atoms. The van der Waals surface area contributed by atoms with Crippen LogP contribution in [0.25, 0.3) is 0 Å². The first kappa shape index (κ1) is 14.4. The van der Waals surface area contributed by atoms with E-state index in [1.54, 1.807) is 0 Å². The van der Waals surface area contributed by atoms with Gasteiger partial charge in [-0.2, -0.15) is 13.2 Å². The molecule has 2 atom stereocenters. The molecule has 0 heterocycles. The lowest BCUT2D eigenvalue weighted by Crippen LogP contribution is -2.22. The van der Waals surface area contributed by atoms with Gasteiger partial charge in [0.25, 0.3) is 0 Å². The Morgan fingerprint density at radius 3 is 2.47 bits per heavy atom. The van der Waals surface area contributed by atoms with Gasteiger partial charge >= 0.3 is 12.1 Å². The predicted octanol–water partition coefficient (Wildman–Crippen LogP) is 0.992. The van der Waals surface area contributed by atoms with Crippen LogP contribution in [0.4, 0.5) is 13.2 Å². The van der Waals surface area contributed by atoms with E-state index >= 15 is 0 Å². The van der Waals surface area contributed by atoms with Crippen molar-refractivity contribution in [1.29, 1.82) is 0 Å². The van der Waals surface area contributed by atoms with E-state index in [1.165, 1.54) is 6.92 Å². The summed E-state index contributed by atoms with van der Waals surface area (Å²) >= 11 is 0. The summed E-state index contributed by atoms with van der Waals surface area (Å²) in [5.74, 6) is -2.82. The standard InChI is InChI=1S/C7H11F3O4S/c1-5(6(11)12)2-15(13)4-14-3-7(8,9)10/h5H,2-4H2,1H3,(H,11,12). The van der Waals surface area contributed by atoms with Crippen LogP contribution in [0, 0.1) is 5.92 Å². The zero-order valence-electron chi connectivity index (χ0n) is 7.91. The van der Waals surface area contributed by atoms with E-state index in [9.17, 15) is 22.2 Å². The molecule has 0 aliphatic carbocycles. The number of carbonyl (C=O) groups is 1. The van der Waals surface area contributed by atoms with Crippen LogP contribution >= 0.6 is 0 Å². The van der Waals surface area contributed by atoms with Gasteiger partial charge < -0.3 is 9.84 Å². The molecular weight excluding hydrogens is 237 g/mol. The number of ether oxygens (including phenoxy) is 1. The molecule has 0 saturated carbocycles. The quantitative estimate of drug-likeness (QED) is 0.761. The van der Waals surface area contributed by atoms with Crippen LogP contribution in [0.15, 0.2) is 0 Å². The SMILES string of the molecule is CC(CS(=O)COCC(F)(F)F)C(=O)O. The fourth-order valence-electron chi connectivity index (χ4n) is 0.649. The van der Waals surface area contributed by atoms with Crippen LogP contribution in [0.1, 0.15) is 6.92 Å². The fourth-order valence-corrected chi connectivity index (χ4v) is 1.71. The summed E-state index contributed by atoms with van der Waals surface area (Å²) in [6.45, 7) is -0.149. The van der Waals surface area contributed by atoms with Crippen molar-refractivity contribution in [1.82, 2.24) is 0 Å². The molecule has 1 N–H and O–H groups in total. The first-order valence-electron chi connectivity index (χ1n) is 3.94. The Morgan fingerprint density at radius 2 is 2.07 bits per heavy atom. The molecule has 0 fully saturated rings. The average Bonchev–Trinajstić information content (AvgIpc) is 2.01. The molecule has 0 radical (unpaired) electrons. The Hall–Kier alpha value is -0.630. The maximum absolute atomic E-state index is 11.6. The summed E-state index contributed by atoms with van der Waals surface area (Å²) in [4.78, 5) is 10.3. The average molecular weight is 248 g/mol. The lowest BCUT2D eigenvalue weighted by Gasteiger charge is -2.08. The Kier molecular flexibility index (Phi) is 5.81. The second-order valence-electron chi connectivity index (χ2n) is 2.93. The first-order valence-corrected chi connectivity index (χ1v) is 5.43. The summed E-state index contributed by atoms with van der Waals surface area (Å²) in [6, 6.07) is 0. The van der Waals surface area contributed by atoms with E-state index < -0.39 is 41.4 Å². The van der Waals surface area contributed by atoms with Crippen LogP contribution in [0.3, 0.4) is 0 Å². The number of hydrogen-bond acceptors (Lipinski definition) is 3. The third-order valence-electron chi connectivity index (χ3n) is 1.34. The molecule has 0 amide bonds. The number of carboxylic acid groups (broad SMARTS) is 1. The molecule has 0 aliphatic heterocycles. The van der Waals surface area contributed by atoms with Crippen molar-refractivity contribution >= 4 is 16.8 Å². The fraction of sp³-hybridized carbons (Fsp3) is 0.857. The Labute approximate surface area is 86.9 Å². The second-order valence-corrected chi connectivity index (χ2v) is 4.38. The van der Waals surface area contributed by atoms with Gasteiger partial charge in [-0.15, -0.1) is 0 Å². The maximum atomic E-state index is 11.6. The van der Waals surface area contributed by atoms with E-state index in [0.717, 1.165) is 0 Å². The number of hydrogen-bond donors (Lipinski definition) is 1. The van der Waals surface area contributed by atoms with E-state index in [4.69, 9.17) is 5.11 Å². The molecule has 0 aliphatic rings. The summed E-state index contributed by atoms with van der Waals surface area (Å²) in [5.41, 5.74) is 0. The highest BCUT2D eigenvalue weighted by Gasteiger charge is 2.27. The van der Waals surface area contributed by atoms with Gasteiger partial charge in [0, 0.05) is 16.6 Å². The van der Waals surface area contributed by atoms with E-state index in [0.29, 0.717) is 0 Å². The molecule has 0 rings (SSSR count). The van der Waals surface area contributed by atoms with Crippen LogP contribution < -0.4 is 0 Å². The largest absolute Gasteiger partial charge is 0.481 e. The molecule has 0 saturated heterocycles. The molecular formula is C7H11F3O4S. The van der Waals surface area contributed by atoms with Gasteiger partial charge in [0.2, 0.25) is 0 Å². The molecule has 0 aromatic heterocycles. The topological polar surface area (TPSA) is 63.6 Å². The van der Waals surface area contributed by atoms with Crippen LogP contribution in [-0.4, -0.2) is 39.8 Å². The van der Waals surface area contributed by atoms with E-state index in [2.05, 4.69) is 4.74 Å². The lowest BCUT2D eigenvalue weighted by molar-refractivity contribution is -0.169. The van der Waals surface area contributed by atoms with E-state index in [-0.39, 0.29) is 5.75 Å². The number of alkyl halides is 3. The lowest BCUT2D eigenvalue weighted by atomic mass is 10.2. The van der Waals surface area contributed by atoms with Gasteiger partial charge in [0.1, 0.15) is 12.5 Å². The van der Waals surface area contributed by atoms with Crippen molar-refractivity contribution in [3.8, 4) is 0 Å². The normalized spacial score (nSPS) is 16.0. The molecule has 2 unspecified atom stereocenters. The highest BCUT2D eigenvalue weighted by Crippen LogP contribution is 2.14. The van der Waals surface area contributed by atoms with E-state index in [1.807, 2.05) is 0 Å². The van der Waals surface area contributed by atoms with Crippen molar-refractivity contribution in [3.05, 3.63) is 0 Å². The third-order valence-corrected chi connectivity index (χ3v) is 2.64. The highest BCUT2D eigenvalue weighted by atomic mass is 32.2. The molecule has 8 heteroatoms. The van der Waals surface area contributed by atoms with Gasteiger partial charge in [-0.1, -0.05) is 6.92 Å². The van der Waals surface area contributed by atoms with Crippen molar-refractivity contribution in [2.24, 2.45) is 5.92 Å². The maximum Gasteiger partial charge on any atom is 0.411 e. The monoisotopic (exact) mass is 248 g/mol. The van der Waals surface area contributed by atoms with Crippen LogP contribution in [0.5, 0.6) is 0 Å². The third kappa shape index (κ3) is 8.37. The number of carboxylic acids is 1. The van der Waals surface area contributed by atoms with Gasteiger partial charge in [-0.25, -0.2) is 0 Å². The first-order chi connectivity index (χ1) is 6.72. The second kappa shape index (κ2) is 6.06. The molecule has 0 aromatic rings. The summed E-state index contributed by atoms with van der Waals surface area (Å²) < 4.78 is 49.9. The minimum atomic E-state index is -4.46. The Bertz CT molecular complexity index is 241. The van der Waals surface area contributed by atoms with Gasteiger partial charge in [-0.3, -0.25) is 9.00 Å². The zero-order valence-corrected chi connectivity index (χ0v) is 8.73. The van der Waals surface area contributed by atoms with Gasteiger partial charge in [0.15, 0.2) is 0 Å². The summed E-state index contributed by atoms with van der Waals surface area (Å²) in [5, 5.41) is 8.43. The zero-order chi connectivity index (χ0) is 12.1. The smallest absolute Gasteiger partial charge is 0.411 e. The van der Waals surface area contributed by atoms with Gasteiger partial charge in [0.05, 0.1) is 5.92 Å². The van der Waals surface area contributed by atoms with Crippen molar-refractivity contribution < 1.29 is 32.0 Å². The highest BCUT2D eigenvalue weighted by molar-refractivity contribution is 7.84. The number of halogens is 3. The molecule has 4 nitrogen and oxygen atoms in total. The van der Waals surface area contributed by atoms with Crippen molar-refractivity contribution in [2.75, 3.05) is 18.3 Å². The summed E-state index contributed by atoms with van der Waals surface area (Å²) in [7, 11) is -1.71. The molecule has 0 aromatic carbocycles. The molecule has 90 valence electrons. The van der Waals surface area contributed by atoms with Crippen molar-refractivity contribution in [3.63, 3.8) is 0 Å². The van der Waals surface area contributed by atoms with Gasteiger partial charge in [-0.05, 0) is 0 Å². The Balaban J connectivity index is 3.72. The minimum Gasteiger partial charge on any atom is -0.481 e. The van der Waals surface area contributed by atoms with Crippen LogP contribution in [0.2, 0.25) is 0 Å². The van der Waals surface area contributed by atoms with Crippen LogP contribution in [-0.2, 0) is 20.3 Å².